The van der Waals surface area contributed by atoms with Gasteiger partial charge in [-0.1, -0.05) is 18.2 Å². The molecule has 1 aromatic carbocycles. The normalized spacial score (nSPS) is 19.7. The number of sulfonamides is 1. The number of amides is 1. The van der Waals surface area contributed by atoms with Gasteiger partial charge < -0.3 is 10.4 Å². The second kappa shape index (κ2) is 9.38. The van der Waals surface area contributed by atoms with Crippen molar-refractivity contribution in [3.8, 4) is 0 Å². The fourth-order valence-electron chi connectivity index (χ4n) is 2.90. The molecule has 7 nitrogen and oxygen atoms in total. The summed E-state index contributed by atoms with van der Waals surface area (Å²) in [5.74, 6) is -1.39. The van der Waals surface area contributed by atoms with Crippen molar-refractivity contribution in [2.45, 2.75) is 30.2 Å². The van der Waals surface area contributed by atoms with E-state index in [-0.39, 0.29) is 11.4 Å². The van der Waals surface area contributed by atoms with Crippen LogP contribution in [0.2, 0.25) is 0 Å². The molecule has 26 heavy (non-hydrogen) atoms. The van der Waals surface area contributed by atoms with Gasteiger partial charge in [0.25, 0.3) is 0 Å². The Morgan fingerprint density at radius 3 is 2.65 bits per heavy atom. The summed E-state index contributed by atoms with van der Waals surface area (Å²) in [6.07, 6.45) is 3.31. The standard InChI is InChI=1S/C17H24N2O5S2/c1-25-11-9-15(17(21)22)18-16(20)13-6-5-10-19(12-13)26(23,24)14-7-3-2-4-8-14/h2-4,7-8,13,15H,5-6,9-12H2,1H3,(H,18,20)(H,21,22)/t13-,15-/m0/s1. The average molecular weight is 401 g/mol. The molecule has 1 saturated heterocycles. The molecule has 0 radical (unpaired) electrons. The van der Waals surface area contributed by atoms with Gasteiger partial charge in [-0.25, -0.2) is 13.2 Å². The molecule has 0 unspecified atom stereocenters. The van der Waals surface area contributed by atoms with E-state index in [4.69, 9.17) is 0 Å². The van der Waals surface area contributed by atoms with E-state index in [1.165, 1.54) is 28.2 Å². The number of aliphatic carboxylic acids is 1. The number of nitrogens with one attached hydrogen (secondary N) is 1. The molecule has 2 rings (SSSR count). The summed E-state index contributed by atoms with van der Waals surface area (Å²) in [6, 6.07) is 7.17. The maximum absolute atomic E-state index is 12.7. The number of carboxylic acids is 1. The lowest BCUT2D eigenvalue weighted by molar-refractivity contribution is -0.142. The number of benzene rings is 1. The number of carbonyl (C=O) groups excluding carboxylic acids is 1. The monoisotopic (exact) mass is 400 g/mol. The highest BCUT2D eigenvalue weighted by Gasteiger charge is 2.34. The van der Waals surface area contributed by atoms with E-state index in [9.17, 15) is 23.1 Å². The van der Waals surface area contributed by atoms with Gasteiger partial charge in [-0.3, -0.25) is 4.79 Å². The van der Waals surface area contributed by atoms with Crippen molar-refractivity contribution < 1.29 is 23.1 Å². The van der Waals surface area contributed by atoms with Gasteiger partial charge in [-0.2, -0.15) is 16.1 Å². The number of hydrogen-bond donors (Lipinski definition) is 2. The van der Waals surface area contributed by atoms with Gasteiger partial charge in [0.2, 0.25) is 15.9 Å². The van der Waals surface area contributed by atoms with Crippen molar-refractivity contribution in [2.75, 3.05) is 25.1 Å². The number of carbonyl (C=O) groups is 2. The Morgan fingerprint density at radius 2 is 2.04 bits per heavy atom. The van der Waals surface area contributed by atoms with Crippen LogP contribution >= 0.6 is 11.8 Å². The molecule has 144 valence electrons. The Hall–Kier alpha value is -1.58. The van der Waals surface area contributed by atoms with E-state index in [0.717, 1.165) is 0 Å². The second-order valence-corrected chi connectivity index (χ2v) is 9.12. The summed E-state index contributed by atoms with van der Waals surface area (Å²) in [4.78, 5) is 24.0. The first-order valence-corrected chi connectivity index (χ1v) is 11.3. The van der Waals surface area contributed by atoms with Gasteiger partial charge in [0.1, 0.15) is 6.04 Å². The van der Waals surface area contributed by atoms with Crippen LogP contribution in [-0.4, -0.2) is 60.8 Å². The van der Waals surface area contributed by atoms with Crippen LogP contribution in [0.25, 0.3) is 0 Å². The molecular weight excluding hydrogens is 376 g/mol. The molecular formula is C17H24N2O5S2. The Bertz CT molecular complexity index is 724. The van der Waals surface area contributed by atoms with Crippen LogP contribution in [-0.2, 0) is 19.6 Å². The molecule has 1 heterocycles. The van der Waals surface area contributed by atoms with Crippen molar-refractivity contribution in [1.29, 1.82) is 0 Å². The highest BCUT2D eigenvalue weighted by molar-refractivity contribution is 7.98. The predicted octanol–water partition coefficient (Wildman–Crippen LogP) is 1.41. The van der Waals surface area contributed by atoms with Crippen LogP contribution < -0.4 is 5.32 Å². The Morgan fingerprint density at radius 1 is 1.35 bits per heavy atom. The topological polar surface area (TPSA) is 104 Å². The van der Waals surface area contributed by atoms with Gasteiger partial charge in [0, 0.05) is 13.1 Å². The molecule has 1 aliphatic heterocycles. The van der Waals surface area contributed by atoms with Crippen LogP contribution in [0.4, 0.5) is 0 Å². The van der Waals surface area contributed by atoms with Crippen LogP contribution in [0, 0.1) is 5.92 Å². The third-order valence-corrected chi connectivity index (χ3v) is 6.88. The van der Waals surface area contributed by atoms with Crippen LogP contribution in [0.15, 0.2) is 35.2 Å². The number of carboxylic acid groups (broad SMARTS) is 1. The second-order valence-electron chi connectivity index (χ2n) is 6.20. The summed E-state index contributed by atoms with van der Waals surface area (Å²) < 4.78 is 26.8. The zero-order valence-corrected chi connectivity index (χ0v) is 16.3. The number of rotatable bonds is 8. The smallest absolute Gasteiger partial charge is 0.326 e. The molecule has 0 bridgehead atoms. The highest BCUT2D eigenvalue weighted by atomic mass is 32.2. The molecule has 0 aliphatic carbocycles. The minimum absolute atomic E-state index is 0.0674. The van der Waals surface area contributed by atoms with Gasteiger partial charge in [-0.15, -0.1) is 0 Å². The maximum atomic E-state index is 12.7. The molecule has 1 amide bonds. The minimum Gasteiger partial charge on any atom is -0.480 e. The van der Waals surface area contributed by atoms with Crippen LogP contribution in [0.5, 0.6) is 0 Å². The molecule has 0 spiro atoms. The first-order valence-electron chi connectivity index (χ1n) is 8.43. The maximum Gasteiger partial charge on any atom is 0.326 e. The van der Waals surface area contributed by atoms with Crippen molar-refractivity contribution in [3.63, 3.8) is 0 Å². The SMILES string of the molecule is CSCC[C@H](NC(=O)[C@H]1CCCN(S(=O)(=O)c2ccccc2)C1)C(=O)O. The lowest BCUT2D eigenvalue weighted by Gasteiger charge is -2.31. The fourth-order valence-corrected chi connectivity index (χ4v) is 4.92. The molecule has 1 aliphatic rings. The number of thioether (sulfide) groups is 1. The zero-order chi connectivity index (χ0) is 19.2. The number of nitrogens with zero attached hydrogens (tertiary/aromatic N) is 1. The van der Waals surface area contributed by atoms with Gasteiger partial charge >= 0.3 is 5.97 Å². The first kappa shape index (κ1) is 20.7. The quantitative estimate of drug-likeness (QED) is 0.684. The van der Waals surface area contributed by atoms with Gasteiger partial charge in [-0.05, 0) is 43.4 Å². The van der Waals surface area contributed by atoms with E-state index in [1.54, 1.807) is 18.2 Å². The summed E-state index contributed by atoms with van der Waals surface area (Å²) >= 11 is 1.51. The van der Waals surface area contributed by atoms with Crippen molar-refractivity contribution in [3.05, 3.63) is 30.3 Å². The Balaban J connectivity index is 2.05. The van der Waals surface area contributed by atoms with Crippen molar-refractivity contribution in [2.24, 2.45) is 5.92 Å². The minimum atomic E-state index is -3.65. The van der Waals surface area contributed by atoms with Crippen molar-refractivity contribution >= 4 is 33.7 Å². The molecule has 1 fully saturated rings. The van der Waals surface area contributed by atoms with Crippen molar-refractivity contribution in [1.82, 2.24) is 9.62 Å². The largest absolute Gasteiger partial charge is 0.480 e. The molecule has 2 N–H and O–H groups in total. The zero-order valence-electron chi connectivity index (χ0n) is 14.6. The van der Waals surface area contributed by atoms with E-state index < -0.39 is 33.9 Å². The molecule has 1 aromatic rings. The Kier molecular flexibility index (Phi) is 7.48. The van der Waals surface area contributed by atoms with Gasteiger partial charge in [0.15, 0.2) is 0 Å². The average Bonchev–Trinajstić information content (AvgIpc) is 2.65. The molecule has 0 saturated carbocycles. The van der Waals surface area contributed by atoms with E-state index in [2.05, 4.69) is 5.32 Å². The van der Waals surface area contributed by atoms with E-state index in [1.807, 2.05) is 6.26 Å². The fraction of sp³-hybridized carbons (Fsp3) is 0.529. The van der Waals surface area contributed by atoms with Crippen LogP contribution in [0.3, 0.4) is 0 Å². The summed E-state index contributed by atoms with van der Waals surface area (Å²) in [7, 11) is -3.65. The predicted molar refractivity (Wildman–Crippen MR) is 100 cm³/mol. The summed E-state index contributed by atoms with van der Waals surface area (Å²) in [6.45, 7) is 0.424. The first-order chi connectivity index (χ1) is 12.4. The third kappa shape index (κ3) is 5.21. The summed E-state index contributed by atoms with van der Waals surface area (Å²) in [5, 5.41) is 11.8. The number of piperidine rings is 1. The van der Waals surface area contributed by atoms with Crippen LogP contribution in [0.1, 0.15) is 19.3 Å². The summed E-state index contributed by atoms with van der Waals surface area (Å²) in [5.41, 5.74) is 0. The lowest BCUT2D eigenvalue weighted by Crippen LogP contribution is -2.49. The highest BCUT2D eigenvalue weighted by Crippen LogP contribution is 2.24. The number of hydrogen-bond acceptors (Lipinski definition) is 5. The molecule has 2 atom stereocenters. The van der Waals surface area contributed by atoms with Gasteiger partial charge in [0.05, 0.1) is 10.8 Å². The molecule has 9 heteroatoms. The lowest BCUT2D eigenvalue weighted by atomic mass is 9.98. The Labute approximate surface area is 158 Å². The molecule has 0 aromatic heterocycles. The van der Waals surface area contributed by atoms with E-state index >= 15 is 0 Å². The van der Waals surface area contributed by atoms with E-state index in [0.29, 0.717) is 31.6 Å². The third-order valence-electron chi connectivity index (χ3n) is 4.36.